The van der Waals surface area contributed by atoms with Crippen LogP contribution in [0.15, 0.2) is 54.6 Å². The number of carboxylic acid groups (broad SMARTS) is 1. The third-order valence-corrected chi connectivity index (χ3v) is 4.11. The van der Waals surface area contributed by atoms with E-state index in [0.717, 1.165) is 31.7 Å². The van der Waals surface area contributed by atoms with Crippen molar-refractivity contribution in [3.8, 4) is 0 Å². The van der Waals surface area contributed by atoms with Crippen LogP contribution >= 0.6 is 0 Å². The van der Waals surface area contributed by atoms with Gasteiger partial charge in [0.15, 0.2) is 0 Å². The topological polar surface area (TPSA) is 52.6 Å². The van der Waals surface area contributed by atoms with Gasteiger partial charge < -0.3 is 10.4 Å². The van der Waals surface area contributed by atoms with Gasteiger partial charge >= 0.3 is 5.97 Å². The van der Waals surface area contributed by atoms with Crippen LogP contribution in [0.25, 0.3) is 0 Å². The number of aromatic carboxylic acids is 1. The van der Waals surface area contributed by atoms with Gasteiger partial charge in [0.2, 0.25) is 0 Å². The second-order valence-corrected chi connectivity index (χ2v) is 5.53. The minimum atomic E-state index is -0.884. The number of carbonyl (C=O) groups is 1. The van der Waals surface area contributed by atoms with Gasteiger partial charge in [-0.15, -0.1) is 0 Å². The van der Waals surface area contributed by atoms with Gasteiger partial charge in [0.1, 0.15) is 0 Å². The van der Waals surface area contributed by atoms with E-state index in [1.807, 2.05) is 59.7 Å². The molecule has 1 heterocycles. The number of piperazine rings is 1. The molecule has 1 atom stereocenters. The van der Waals surface area contributed by atoms with Gasteiger partial charge in [-0.05, 0) is 23.3 Å². The molecule has 28 heavy (non-hydrogen) atoms. The maximum Gasteiger partial charge on any atom is 0.335 e. The summed E-state index contributed by atoms with van der Waals surface area (Å²) in [6, 6.07) is 17.8. The summed E-state index contributed by atoms with van der Waals surface area (Å²) in [5.74, 6) is -0.884. The molecule has 2 aromatic rings. The molecule has 156 valence electrons. The minimum Gasteiger partial charge on any atom is -0.478 e. The van der Waals surface area contributed by atoms with Crippen LogP contribution in [0.1, 0.15) is 69.1 Å². The number of carboxylic acids is 1. The van der Waals surface area contributed by atoms with E-state index in [9.17, 15) is 4.79 Å². The fraction of sp³-hybridized carbons (Fsp3) is 0.458. The Balaban J connectivity index is 0.00000111. The first kappa shape index (κ1) is 25.8. The molecule has 0 amide bonds. The molecule has 0 radical (unpaired) electrons. The molecule has 1 unspecified atom stereocenters. The summed E-state index contributed by atoms with van der Waals surface area (Å²) < 4.78 is 0. The molecular weight excluding hydrogens is 348 g/mol. The van der Waals surface area contributed by atoms with Crippen molar-refractivity contribution in [2.75, 3.05) is 26.2 Å². The number of nitrogens with zero attached hydrogens (tertiary/aromatic N) is 1. The molecule has 0 spiro atoms. The molecule has 4 heteroatoms. The standard InChI is InChI=1S/C18H20N2O2.3C2H6/c21-18(22)16-8-6-15(7-9-16)17(14-4-2-1-3-5-14)20-12-10-19-11-13-20;3*1-2/h1-9,17,19H,10-13H2,(H,21,22);3*1-2H3. The first-order valence-electron chi connectivity index (χ1n) is 10.6. The number of benzene rings is 2. The highest BCUT2D eigenvalue weighted by Gasteiger charge is 2.23. The van der Waals surface area contributed by atoms with Gasteiger partial charge in [-0.1, -0.05) is 84.0 Å². The fourth-order valence-electron chi connectivity index (χ4n) is 3.00. The maximum absolute atomic E-state index is 11.0. The second kappa shape index (κ2) is 15.8. The average molecular weight is 387 g/mol. The van der Waals surface area contributed by atoms with Crippen LogP contribution < -0.4 is 5.32 Å². The van der Waals surface area contributed by atoms with Crippen molar-refractivity contribution < 1.29 is 9.90 Å². The van der Waals surface area contributed by atoms with Crippen LogP contribution in [0.4, 0.5) is 0 Å². The van der Waals surface area contributed by atoms with Crippen molar-refractivity contribution in [2.24, 2.45) is 0 Å². The Hall–Kier alpha value is -2.17. The highest BCUT2D eigenvalue weighted by molar-refractivity contribution is 5.87. The molecule has 0 bridgehead atoms. The van der Waals surface area contributed by atoms with Crippen LogP contribution in [0.5, 0.6) is 0 Å². The zero-order chi connectivity index (χ0) is 21.4. The zero-order valence-corrected chi connectivity index (χ0v) is 18.4. The SMILES string of the molecule is CC.CC.CC.O=C(O)c1ccc(C(c2ccccc2)N2CCNCC2)cc1. The number of rotatable bonds is 4. The quantitative estimate of drug-likeness (QED) is 0.733. The summed E-state index contributed by atoms with van der Waals surface area (Å²) in [5.41, 5.74) is 2.71. The first-order chi connectivity index (χ1) is 13.8. The van der Waals surface area contributed by atoms with Crippen LogP contribution in [0.3, 0.4) is 0 Å². The smallest absolute Gasteiger partial charge is 0.335 e. The lowest BCUT2D eigenvalue weighted by Crippen LogP contribution is -2.45. The molecule has 4 nitrogen and oxygen atoms in total. The van der Waals surface area contributed by atoms with E-state index in [4.69, 9.17) is 5.11 Å². The lowest BCUT2D eigenvalue weighted by molar-refractivity contribution is 0.0697. The molecule has 0 saturated carbocycles. The van der Waals surface area contributed by atoms with Crippen molar-refractivity contribution >= 4 is 5.97 Å². The van der Waals surface area contributed by atoms with Crippen LogP contribution in [-0.4, -0.2) is 42.2 Å². The monoisotopic (exact) mass is 386 g/mol. The third-order valence-electron chi connectivity index (χ3n) is 4.11. The van der Waals surface area contributed by atoms with Gasteiger partial charge in [0.25, 0.3) is 0 Å². The predicted molar refractivity (Wildman–Crippen MR) is 120 cm³/mol. The molecule has 2 aromatic carbocycles. The Bertz CT molecular complexity index is 621. The normalized spacial score (nSPS) is 14.1. The zero-order valence-electron chi connectivity index (χ0n) is 18.4. The highest BCUT2D eigenvalue weighted by atomic mass is 16.4. The summed E-state index contributed by atoms with van der Waals surface area (Å²) in [6.07, 6.45) is 0. The van der Waals surface area contributed by atoms with E-state index in [1.54, 1.807) is 12.1 Å². The summed E-state index contributed by atoms with van der Waals surface area (Å²) in [6.45, 7) is 15.9. The van der Waals surface area contributed by atoms with Crippen molar-refractivity contribution in [1.82, 2.24) is 10.2 Å². The number of hydrogen-bond acceptors (Lipinski definition) is 3. The van der Waals surface area contributed by atoms with Crippen molar-refractivity contribution in [3.05, 3.63) is 71.3 Å². The van der Waals surface area contributed by atoms with Crippen molar-refractivity contribution in [3.63, 3.8) is 0 Å². The van der Waals surface area contributed by atoms with E-state index in [1.165, 1.54) is 5.56 Å². The van der Waals surface area contributed by atoms with E-state index in [2.05, 4.69) is 34.5 Å². The van der Waals surface area contributed by atoms with Gasteiger partial charge in [-0.25, -0.2) is 4.79 Å². The van der Waals surface area contributed by atoms with Gasteiger partial charge in [0, 0.05) is 26.2 Å². The van der Waals surface area contributed by atoms with Gasteiger partial charge in [0.05, 0.1) is 11.6 Å². The Labute approximate surface area is 171 Å². The molecule has 1 fully saturated rings. The summed E-state index contributed by atoms with van der Waals surface area (Å²) in [7, 11) is 0. The second-order valence-electron chi connectivity index (χ2n) is 5.53. The molecule has 3 rings (SSSR count). The summed E-state index contributed by atoms with van der Waals surface area (Å²) >= 11 is 0. The average Bonchev–Trinajstić information content (AvgIpc) is 2.80. The van der Waals surface area contributed by atoms with Crippen LogP contribution in [0, 0.1) is 0 Å². The Morgan fingerprint density at radius 1 is 0.821 bits per heavy atom. The van der Waals surface area contributed by atoms with Crippen LogP contribution in [-0.2, 0) is 0 Å². The summed E-state index contributed by atoms with van der Waals surface area (Å²) in [4.78, 5) is 13.5. The number of nitrogens with one attached hydrogen (secondary N) is 1. The minimum absolute atomic E-state index is 0.172. The Kier molecular flexibility index (Phi) is 14.6. The fourth-order valence-corrected chi connectivity index (χ4v) is 3.00. The van der Waals surface area contributed by atoms with Gasteiger partial charge in [-0.2, -0.15) is 0 Å². The Morgan fingerprint density at radius 3 is 1.75 bits per heavy atom. The first-order valence-corrected chi connectivity index (χ1v) is 10.6. The predicted octanol–water partition coefficient (Wildman–Crippen LogP) is 5.46. The molecule has 0 aliphatic carbocycles. The lowest BCUT2D eigenvalue weighted by Gasteiger charge is -2.35. The van der Waals surface area contributed by atoms with E-state index < -0.39 is 5.97 Å². The van der Waals surface area contributed by atoms with E-state index >= 15 is 0 Å². The highest BCUT2D eigenvalue weighted by Crippen LogP contribution is 2.29. The van der Waals surface area contributed by atoms with E-state index in [0.29, 0.717) is 5.56 Å². The largest absolute Gasteiger partial charge is 0.478 e. The lowest BCUT2D eigenvalue weighted by atomic mass is 9.95. The summed E-state index contributed by atoms with van der Waals surface area (Å²) in [5, 5.41) is 12.4. The molecular formula is C24H38N2O2. The van der Waals surface area contributed by atoms with Crippen molar-refractivity contribution in [1.29, 1.82) is 0 Å². The van der Waals surface area contributed by atoms with Crippen LogP contribution in [0.2, 0.25) is 0 Å². The molecule has 0 aromatic heterocycles. The third kappa shape index (κ3) is 7.83. The Morgan fingerprint density at radius 2 is 1.29 bits per heavy atom. The van der Waals surface area contributed by atoms with Crippen molar-refractivity contribution in [2.45, 2.75) is 47.6 Å². The van der Waals surface area contributed by atoms with E-state index in [-0.39, 0.29) is 6.04 Å². The molecule has 1 saturated heterocycles. The number of hydrogen-bond donors (Lipinski definition) is 2. The van der Waals surface area contributed by atoms with Gasteiger partial charge in [-0.3, -0.25) is 4.90 Å². The molecule has 1 aliphatic rings. The molecule has 2 N–H and O–H groups in total. The maximum atomic E-state index is 11.0. The molecule has 1 aliphatic heterocycles.